The smallest absolute Gasteiger partial charge is 0.171 e. The molecule has 0 aliphatic carbocycles. The number of halogens is 6. The van der Waals surface area contributed by atoms with Crippen LogP contribution in [0.25, 0.3) is 12.2 Å². The second-order valence-electron chi connectivity index (χ2n) is 8.58. The standard InChI is InChI=1S/C30H20Br2Cl4O2S/c31-23-9-1-21(2-10-23)29(15-7-19-5-13-25(33)17-27(19)35)39(37,38)30(22-3-11-24(32)12-4-22)16-8-20-6-14-26(34)18-28(20)36/h1-18,29-30H. The van der Waals surface area contributed by atoms with Crippen molar-refractivity contribution in [3.63, 3.8) is 0 Å². The van der Waals surface area contributed by atoms with Gasteiger partial charge in [0, 0.05) is 29.0 Å². The van der Waals surface area contributed by atoms with Gasteiger partial charge < -0.3 is 0 Å². The molecular weight excluding hydrogens is 726 g/mol. The Bertz CT molecular complexity index is 1520. The van der Waals surface area contributed by atoms with E-state index in [1.54, 1.807) is 85.0 Å². The normalized spacial score (nSPS) is 13.7. The van der Waals surface area contributed by atoms with E-state index in [0.29, 0.717) is 42.3 Å². The largest absolute Gasteiger partial charge is 0.227 e. The fourth-order valence-electron chi connectivity index (χ4n) is 3.94. The molecule has 200 valence electrons. The summed E-state index contributed by atoms with van der Waals surface area (Å²) in [4.78, 5) is 0. The van der Waals surface area contributed by atoms with Gasteiger partial charge in [-0.1, -0.05) is 139 Å². The van der Waals surface area contributed by atoms with Gasteiger partial charge in [0.05, 0.1) is 0 Å². The summed E-state index contributed by atoms with van der Waals surface area (Å²) in [5.74, 6) is 0. The maximum absolute atomic E-state index is 14.5. The Kier molecular flexibility index (Phi) is 10.4. The molecule has 0 saturated heterocycles. The zero-order valence-corrected chi connectivity index (χ0v) is 27.1. The minimum Gasteiger partial charge on any atom is -0.227 e. The lowest BCUT2D eigenvalue weighted by Crippen LogP contribution is -2.19. The lowest BCUT2D eigenvalue weighted by Gasteiger charge is -2.22. The summed E-state index contributed by atoms with van der Waals surface area (Å²) in [5.41, 5.74) is 2.53. The number of sulfone groups is 1. The third-order valence-corrected chi connectivity index (χ3v) is 10.4. The molecule has 9 heteroatoms. The van der Waals surface area contributed by atoms with Gasteiger partial charge in [-0.25, -0.2) is 8.42 Å². The first-order chi connectivity index (χ1) is 18.5. The maximum Gasteiger partial charge on any atom is 0.171 e. The Hall–Kier alpha value is -1.57. The molecule has 0 heterocycles. The first-order valence-corrected chi connectivity index (χ1v) is 16.3. The van der Waals surface area contributed by atoms with Crippen molar-refractivity contribution < 1.29 is 8.42 Å². The lowest BCUT2D eigenvalue weighted by atomic mass is 10.1. The molecule has 0 aliphatic rings. The highest BCUT2D eigenvalue weighted by Gasteiger charge is 2.33. The van der Waals surface area contributed by atoms with Gasteiger partial charge in [-0.2, -0.15) is 0 Å². The summed E-state index contributed by atoms with van der Waals surface area (Å²) >= 11 is 31.7. The Labute approximate surface area is 265 Å². The van der Waals surface area contributed by atoms with Crippen molar-refractivity contribution >= 4 is 100 Å². The summed E-state index contributed by atoms with van der Waals surface area (Å²) in [5, 5.41) is -0.140. The summed E-state index contributed by atoms with van der Waals surface area (Å²) in [6.07, 6.45) is 6.73. The number of benzene rings is 4. The molecule has 0 saturated carbocycles. The van der Waals surface area contributed by atoms with Gasteiger partial charge in [0.2, 0.25) is 0 Å². The van der Waals surface area contributed by atoms with Crippen molar-refractivity contribution in [1.82, 2.24) is 0 Å². The van der Waals surface area contributed by atoms with Gasteiger partial charge in [0.15, 0.2) is 9.84 Å². The molecule has 0 aromatic heterocycles. The second-order valence-corrected chi connectivity index (χ2v) is 14.3. The maximum atomic E-state index is 14.5. The second kappa shape index (κ2) is 13.4. The zero-order chi connectivity index (χ0) is 28.2. The minimum absolute atomic E-state index is 0.424. The molecule has 0 radical (unpaired) electrons. The molecule has 4 rings (SSSR count). The van der Waals surface area contributed by atoms with Crippen LogP contribution in [-0.4, -0.2) is 8.42 Å². The van der Waals surface area contributed by atoms with Gasteiger partial charge in [-0.15, -0.1) is 0 Å². The molecule has 0 bridgehead atoms. The number of hydrogen-bond acceptors (Lipinski definition) is 2. The van der Waals surface area contributed by atoms with Crippen LogP contribution < -0.4 is 0 Å². The highest BCUT2D eigenvalue weighted by molar-refractivity contribution is 9.10. The van der Waals surface area contributed by atoms with Crippen molar-refractivity contribution in [3.8, 4) is 0 Å². The van der Waals surface area contributed by atoms with Crippen molar-refractivity contribution in [2.75, 3.05) is 0 Å². The highest BCUT2D eigenvalue weighted by Crippen LogP contribution is 2.39. The van der Waals surface area contributed by atoms with Crippen LogP contribution in [-0.2, 0) is 9.84 Å². The van der Waals surface area contributed by atoms with Crippen LogP contribution in [0.2, 0.25) is 20.1 Å². The fraction of sp³-hybridized carbons (Fsp3) is 0.0667. The van der Waals surface area contributed by atoms with Crippen LogP contribution in [0.1, 0.15) is 32.8 Å². The molecule has 39 heavy (non-hydrogen) atoms. The molecule has 2 nitrogen and oxygen atoms in total. The SMILES string of the molecule is O=S(=O)(C(C=Cc1ccc(Cl)cc1Cl)c1ccc(Br)cc1)C(C=Cc1ccc(Cl)cc1Cl)c1ccc(Br)cc1. The molecule has 2 atom stereocenters. The van der Waals surface area contributed by atoms with E-state index in [9.17, 15) is 8.42 Å². The number of rotatable bonds is 8. The van der Waals surface area contributed by atoms with E-state index in [4.69, 9.17) is 46.4 Å². The van der Waals surface area contributed by atoms with Gasteiger partial charge in [-0.3, -0.25) is 0 Å². The van der Waals surface area contributed by atoms with Crippen LogP contribution >= 0.6 is 78.3 Å². The Morgan fingerprint density at radius 1 is 0.564 bits per heavy atom. The summed E-state index contributed by atoms with van der Waals surface area (Å²) in [6.45, 7) is 0. The molecule has 0 aliphatic heterocycles. The topological polar surface area (TPSA) is 34.1 Å². The van der Waals surface area contributed by atoms with E-state index < -0.39 is 20.3 Å². The van der Waals surface area contributed by atoms with Gasteiger partial charge in [0.1, 0.15) is 10.5 Å². The monoisotopic (exact) mass is 742 g/mol. The van der Waals surface area contributed by atoms with Crippen LogP contribution in [0.3, 0.4) is 0 Å². The zero-order valence-electron chi connectivity index (χ0n) is 20.0. The van der Waals surface area contributed by atoms with Gasteiger partial charge in [0.25, 0.3) is 0 Å². The van der Waals surface area contributed by atoms with Crippen LogP contribution in [0.15, 0.2) is 106 Å². The summed E-state index contributed by atoms with van der Waals surface area (Å²) < 4.78 is 30.7. The predicted molar refractivity (Wildman–Crippen MR) is 174 cm³/mol. The lowest BCUT2D eigenvalue weighted by molar-refractivity contribution is 0.584. The third kappa shape index (κ3) is 7.80. The van der Waals surface area contributed by atoms with E-state index in [-0.39, 0.29) is 0 Å². The van der Waals surface area contributed by atoms with Crippen molar-refractivity contribution in [3.05, 3.63) is 148 Å². The highest BCUT2D eigenvalue weighted by atomic mass is 79.9. The molecule has 0 spiro atoms. The fourth-order valence-corrected chi connectivity index (χ4v) is 7.39. The molecular formula is C30H20Br2Cl4O2S. The van der Waals surface area contributed by atoms with Crippen LogP contribution in [0.4, 0.5) is 0 Å². The Morgan fingerprint density at radius 3 is 1.26 bits per heavy atom. The predicted octanol–water partition coefficient (Wildman–Crippen LogP) is 11.4. The molecule has 4 aromatic carbocycles. The average molecular weight is 746 g/mol. The van der Waals surface area contributed by atoms with Gasteiger partial charge >= 0.3 is 0 Å². The average Bonchev–Trinajstić information content (AvgIpc) is 2.88. The van der Waals surface area contributed by atoms with E-state index >= 15 is 0 Å². The molecule has 0 amide bonds. The van der Waals surface area contributed by atoms with Gasteiger partial charge in [-0.05, 0) is 70.8 Å². The van der Waals surface area contributed by atoms with E-state index in [1.165, 1.54) is 0 Å². The molecule has 0 fully saturated rings. The first-order valence-electron chi connectivity index (χ1n) is 11.5. The van der Waals surface area contributed by atoms with E-state index in [2.05, 4.69) is 31.9 Å². The van der Waals surface area contributed by atoms with Crippen LogP contribution in [0.5, 0.6) is 0 Å². The van der Waals surface area contributed by atoms with E-state index in [0.717, 1.165) is 8.95 Å². The van der Waals surface area contributed by atoms with Crippen molar-refractivity contribution in [2.45, 2.75) is 10.5 Å². The summed E-state index contributed by atoms with van der Waals surface area (Å²) in [7, 11) is -3.92. The van der Waals surface area contributed by atoms with Crippen molar-refractivity contribution in [1.29, 1.82) is 0 Å². The quantitative estimate of drug-likeness (QED) is 0.180. The summed E-state index contributed by atoms with van der Waals surface area (Å²) in [6, 6.07) is 24.6. The third-order valence-electron chi connectivity index (χ3n) is 5.93. The number of hydrogen-bond donors (Lipinski definition) is 0. The first kappa shape index (κ1) is 30.4. The molecule has 4 aromatic rings. The molecule has 0 N–H and O–H groups in total. The molecule has 2 unspecified atom stereocenters. The van der Waals surface area contributed by atoms with E-state index in [1.807, 2.05) is 24.3 Å². The minimum atomic E-state index is -3.92. The Balaban J connectivity index is 1.85. The van der Waals surface area contributed by atoms with Crippen molar-refractivity contribution in [2.24, 2.45) is 0 Å². The Morgan fingerprint density at radius 2 is 0.923 bits per heavy atom. The van der Waals surface area contributed by atoms with Crippen LogP contribution in [0, 0.1) is 0 Å².